The van der Waals surface area contributed by atoms with Gasteiger partial charge in [0.05, 0.1) is 22.9 Å². The third-order valence-electron chi connectivity index (χ3n) is 5.15. The zero-order valence-electron chi connectivity index (χ0n) is 17.7. The zero-order valence-corrected chi connectivity index (χ0v) is 17.7. The lowest BCUT2D eigenvalue weighted by molar-refractivity contribution is -0.137. The van der Waals surface area contributed by atoms with Crippen molar-refractivity contribution in [2.75, 3.05) is 0 Å². The van der Waals surface area contributed by atoms with Gasteiger partial charge in [0.1, 0.15) is 11.5 Å². The summed E-state index contributed by atoms with van der Waals surface area (Å²) in [5, 5.41) is 11.9. The average Bonchev–Trinajstić information content (AvgIpc) is 3.00. The quantitative estimate of drug-likeness (QED) is 0.573. The summed E-state index contributed by atoms with van der Waals surface area (Å²) in [7, 11) is 0. The van der Waals surface area contributed by atoms with E-state index in [0.717, 1.165) is 12.1 Å². The molecule has 0 saturated carbocycles. The van der Waals surface area contributed by atoms with Gasteiger partial charge < -0.3 is 15.0 Å². The van der Waals surface area contributed by atoms with Crippen molar-refractivity contribution in [3.63, 3.8) is 0 Å². The number of alkyl halides is 3. The summed E-state index contributed by atoms with van der Waals surface area (Å²) in [5.74, 6) is -0.966. The number of carboxylic acids is 1. The molecule has 0 radical (unpaired) electrons. The fourth-order valence-corrected chi connectivity index (χ4v) is 3.48. The molecule has 3 aromatic rings. The fraction of sp³-hybridized carbons (Fsp3) is 0.261. The van der Waals surface area contributed by atoms with E-state index in [-0.39, 0.29) is 17.8 Å². The van der Waals surface area contributed by atoms with E-state index >= 15 is 0 Å². The lowest BCUT2D eigenvalue weighted by atomic mass is 10.1. The van der Waals surface area contributed by atoms with Crippen molar-refractivity contribution in [3.05, 3.63) is 88.0 Å². The number of carbonyl (C=O) groups excluding carboxylic acids is 1. The first kappa shape index (κ1) is 23.1. The van der Waals surface area contributed by atoms with Crippen LogP contribution in [0, 0.1) is 13.8 Å². The number of carbonyl (C=O) groups is 2. The van der Waals surface area contributed by atoms with Crippen molar-refractivity contribution in [1.82, 2.24) is 14.9 Å². The van der Waals surface area contributed by atoms with Gasteiger partial charge in [0.15, 0.2) is 0 Å². The van der Waals surface area contributed by atoms with Gasteiger partial charge in [0, 0.05) is 6.54 Å². The molecule has 6 nitrogen and oxygen atoms in total. The van der Waals surface area contributed by atoms with Gasteiger partial charge in [-0.05, 0) is 56.2 Å². The number of aryl methyl sites for hydroxylation is 2. The molecule has 0 fully saturated rings. The van der Waals surface area contributed by atoms with Gasteiger partial charge in [-0.1, -0.05) is 24.3 Å². The Labute approximate surface area is 182 Å². The van der Waals surface area contributed by atoms with Gasteiger partial charge >= 0.3 is 12.1 Å². The molecule has 3 rings (SSSR count). The maximum atomic E-state index is 13.1. The summed E-state index contributed by atoms with van der Waals surface area (Å²) >= 11 is 0. The molecule has 0 saturated heterocycles. The molecule has 1 aromatic heterocycles. The number of aromatic carboxylic acids is 1. The number of hydrogen-bond acceptors (Lipinski definition) is 3. The predicted molar refractivity (Wildman–Crippen MR) is 112 cm³/mol. The van der Waals surface area contributed by atoms with Crippen LogP contribution in [0.5, 0.6) is 0 Å². The number of carboxylic acid groups (broad SMARTS) is 1. The summed E-state index contributed by atoms with van der Waals surface area (Å²) in [6.45, 7) is 5.16. The molecular formula is C23H22F3N3O3. The zero-order chi connectivity index (χ0) is 23.6. The van der Waals surface area contributed by atoms with Crippen LogP contribution in [0.15, 0.2) is 48.5 Å². The van der Waals surface area contributed by atoms with E-state index in [0.29, 0.717) is 22.6 Å². The molecule has 9 heteroatoms. The van der Waals surface area contributed by atoms with Gasteiger partial charge in [-0.15, -0.1) is 0 Å². The van der Waals surface area contributed by atoms with E-state index in [4.69, 9.17) is 5.11 Å². The molecule has 0 bridgehead atoms. The van der Waals surface area contributed by atoms with Gasteiger partial charge in [-0.2, -0.15) is 13.2 Å². The number of amides is 1. The van der Waals surface area contributed by atoms with E-state index < -0.39 is 29.7 Å². The number of halogens is 3. The average molecular weight is 445 g/mol. The molecule has 2 N–H and O–H groups in total. The van der Waals surface area contributed by atoms with E-state index in [1.165, 1.54) is 18.2 Å². The van der Waals surface area contributed by atoms with Crippen LogP contribution in [0.25, 0.3) is 0 Å². The Morgan fingerprint density at radius 2 is 1.78 bits per heavy atom. The molecule has 0 spiro atoms. The van der Waals surface area contributed by atoms with Crippen LogP contribution in [0.4, 0.5) is 13.2 Å². The maximum absolute atomic E-state index is 13.1. The Hall–Kier alpha value is -3.62. The second-order valence-corrected chi connectivity index (χ2v) is 7.50. The molecule has 0 unspecified atom stereocenters. The number of rotatable bonds is 6. The van der Waals surface area contributed by atoms with Crippen LogP contribution in [-0.4, -0.2) is 26.5 Å². The Balaban J connectivity index is 1.84. The summed E-state index contributed by atoms with van der Waals surface area (Å²) in [6.07, 6.45) is -4.46. The Kier molecular flexibility index (Phi) is 6.38. The van der Waals surface area contributed by atoms with E-state index in [1.54, 1.807) is 43.5 Å². The van der Waals surface area contributed by atoms with Gasteiger partial charge in [-0.3, -0.25) is 4.79 Å². The first-order valence-corrected chi connectivity index (χ1v) is 9.81. The summed E-state index contributed by atoms with van der Waals surface area (Å²) in [6, 6.07) is 10.7. The fourth-order valence-electron chi connectivity index (χ4n) is 3.48. The molecule has 0 aliphatic heterocycles. The Morgan fingerprint density at radius 3 is 2.38 bits per heavy atom. The summed E-state index contributed by atoms with van der Waals surface area (Å²) in [5.41, 5.74) is 1.20. The van der Waals surface area contributed by atoms with Crippen molar-refractivity contribution in [2.45, 2.75) is 39.5 Å². The number of nitrogens with one attached hydrogen (secondary N) is 1. The van der Waals surface area contributed by atoms with Crippen molar-refractivity contribution in [3.8, 4) is 0 Å². The maximum Gasteiger partial charge on any atom is 0.416 e. The van der Waals surface area contributed by atoms with Gasteiger partial charge in [-0.25, -0.2) is 9.78 Å². The monoisotopic (exact) mass is 445 g/mol. The molecule has 2 aromatic carbocycles. The third-order valence-corrected chi connectivity index (χ3v) is 5.15. The first-order chi connectivity index (χ1) is 15.0. The largest absolute Gasteiger partial charge is 0.478 e. The Morgan fingerprint density at radius 1 is 1.12 bits per heavy atom. The van der Waals surface area contributed by atoms with E-state index in [2.05, 4.69) is 10.3 Å². The highest BCUT2D eigenvalue weighted by Crippen LogP contribution is 2.30. The third kappa shape index (κ3) is 4.99. The van der Waals surface area contributed by atoms with Crippen LogP contribution < -0.4 is 5.32 Å². The summed E-state index contributed by atoms with van der Waals surface area (Å²) < 4.78 is 40.8. The lowest BCUT2D eigenvalue weighted by Gasteiger charge is -2.17. The second-order valence-electron chi connectivity index (χ2n) is 7.50. The van der Waals surface area contributed by atoms with Crippen molar-refractivity contribution < 1.29 is 27.9 Å². The smallest absolute Gasteiger partial charge is 0.416 e. The van der Waals surface area contributed by atoms with Crippen molar-refractivity contribution in [2.24, 2.45) is 0 Å². The number of imidazole rings is 1. The second kappa shape index (κ2) is 8.86. The van der Waals surface area contributed by atoms with E-state index in [9.17, 15) is 22.8 Å². The Bertz CT molecular complexity index is 1150. The lowest BCUT2D eigenvalue weighted by Crippen LogP contribution is -2.29. The molecule has 32 heavy (non-hydrogen) atoms. The normalized spacial score (nSPS) is 12.4. The predicted octanol–water partition coefficient (Wildman–Crippen LogP) is 4.76. The highest BCUT2D eigenvalue weighted by Gasteiger charge is 2.30. The molecule has 168 valence electrons. The SMILES string of the molecule is Cc1nc(C)n(Cc2cccc(C(F)(F)F)c2)c1C(=O)N[C@@H](C)c1ccc(C(=O)O)cc1. The number of nitrogens with zero attached hydrogens (tertiary/aromatic N) is 2. The standard InChI is InChI=1S/C23H22F3N3O3/c1-13(17-7-9-18(10-8-17)22(31)32)28-21(30)20-14(2)27-15(3)29(20)12-16-5-4-6-19(11-16)23(24,25)26/h4-11,13H,12H2,1-3H3,(H,28,30)(H,31,32)/t13-/m0/s1. The molecule has 1 amide bonds. The minimum atomic E-state index is -4.46. The van der Waals surface area contributed by atoms with Crippen LogP contribution >= 0.6 is 0 Å². The highest BCUT2D eigenvalue weighted by molar-refractivity contribution is 5.94. The number of benzene rings is 2. The molecule has 1 atom stereocenters. The van der Waals surface area contributed by atoms with Crippen molar-refractivity contribution in [1.29, 1.82) is 0 Å². The number of aromatic nitrogens is 2. The van der Waals surface area contributed by atoms with Crippen molar-refractivity contribution >= 4 is 11.9 Å². The van der Waals surface area contributed by atoms with Crippen LogP contribution in [0.3, 0.4) is 0 Å². The van der Waals surface area contributed by atoms with Crippen LogP contribution in [0.1, 0.15) is 62.0 Å². The van der Waals surface area contributed by atoms with Gasteiger partial charge in [0.2, 0.25) is 0 Å². The topological polar surface area (TPSA) is 84.2 Å². The summed E-state index contributed by atoms with van der Waals surface area (Å²) in [4.78, 5) is 28.4. The molecule has 0 aliphatic rings. The van der Waals surface area contributed by atoms with Crippen LogP contribution in [0.2, 0.25) is 0 Å². The molecule has 0 aliphatic carbocycles. The van der Waals surface area contributed by atoms with Gasteiger partial charge in [0.25, 0.3) is 5.91 Å². The number of hydrogen-bond donors (Lipinski definition) is 2. The highest BCUT2D eigenvalue weighted by atomic mass is 19.4. The minimum absolute atomic E-state index is 0.0566. The van der Waals surface area contributed by atoms with Crippen LogP contribution in [-0.2, 0) is 12.7 Å². The first-order valence-electron chi connectivity index (χ1n) is 9.81. The molecular weight excluding hydrogens is 423 g/mol. The minimum Gasteiger partial charge on any atom is -0.478 e. The molecule has 1 heterocycles. The van der Waals surface area contributed by atoms with E-state index in [1.807, 2.05) is 0 Å².